The average Bonchev–Trinajstić information content (AvgIpc) is 2.74. The van der Waals surface area contributed by atoms with Crippen molar-refractivity contribution in [3.63, 3.8) is 0 Å². The monoisotopic (exact) mass is 481 g/mol. The molecule has 35 heavy (non-hydrogen) atoms. The van der Waals surface area contributed by atoms with E-state index >= 15 is 0 Å². The number of aliphatic imine (C=N–C) groups is 1. The molecule has 0 atom stereocenters. The molecule has 0 aliphatic carbocycles. The van der Waals surface area contributed by atoms with E-state index in [-0.39, 0.29) is 34.2 Å². The van der Waals surface area contributed by atoms with Gasteiger partial charge in [-0.05, 0) is 12.1 Å². The molecule has 0 fully saturated rings. The number of hydrogen-bond acceptors (Lipinski definition) is 7. The van der Waals surface area contributed by atoms with Gasteiger partial charge in [-0.15, -0.1) is 0 Å². The number of urea groups is 1. The number of hydrogen-bond donors (Lipinski definition) is 4. The number of carbonyl (C=O) groups excluding carboxylic acids is 2. The van der Waals surface area contributed by atoms with Gasteiger partial charge in [-0.25, -0.2) is 19.2 Å². The van der Waals surface area contributed by atoms with Gasteiger partial charge in [0.25, 0.3) is 5.56 Å². The van der Waals surface area contributed by atoms with Crippen LogP contribution in [0.2, 0.25) is 0 Å². The number of nitrogens with two attached hydrogens (primary N) is 1. The van der Waals surface area contributed by atoms with Crippen molar-refractivity contribution in [3.05, 3.63) is 64.6 Å². The van der Waals surface area contributed by atoms with Crippen LogP contribution < -0.4 is 26.7 Å². The number of carbonyl (C=O) groups is 2. The number of rotatable bonds is 4. The molecule has 0 spiro atoms. The number of anilines is 1. The molecule has 2 aromatic heterocycles. The number of aromatic amines is 1. The van der Waals surface area contributed by atoms with Crippen molar-refractivity contribution in [2.75, 3.05) is 5.32 Å². The van der Waals surface area contributed by atoms with Crippen LogP contribution >= 0.6 is 0 Å². The molecule has 11 nitrogen and oxygen atoms in total. The summed E-state index contributed by atoms with van der Waals surface area (Å²) in [5, 5.41) is 4.73. The number of allylic oxidation sites excluding steroid dienone is 1. The summed E-state index contributed by atoms with van der Waals surface area (Å²) in [4.78, 5) is 49.6. The molecule has 2 heterocycles. The third-order valence-corrected chi connectivity index (χ3v) is 4.53. The Bertz CT molecular complexity index is 1410. The highest BCUT2D eigenvalue weighted by Gasteiger charge is 2.16. The Morgan fingerprint density at radius 2 is 1.97 bits per heavy atom. The van der Waals surface area contributed by atoms with Gasteiger partial charge in [0.15, 0.2) is 11.4 Å². The lowest BCUT2D eigenvalue weighted by Gasteiger charge is -2.19. The van der Waals surface area contributed by atoms with Crippen molar-refractivity contribution in [1.29, 1.82) is 0 Å². The van der Waals surface area contributed by atoms with Crippen LogP contribution in [0.15, 0.2) is 58.2 Å². The van der Waals surface area contributed by atoms with Gasteiger partial charge in [0.05, 0.1) is 11.9 Å². The number of aromatic nitrogens is 3. The summed E-state index contributed by atoms with van der Waals surface area (Å²) in [5.41, 5.74) is 5.87. The summed E-state index contributed by atoms with van der Waals surface area (Å²) < 4.78 is 20.4. The van der Waals surface area contributed by atoms with Crippen LogP contribution in [-0.2, 0) is 4.79 Å². The minimum Gasteiger partial charge on any atom is -0.455 e. The molecule has 0 unspecified atom stereocenters. The molecule has 0 aliphatic heterocycles. The zero-order valence-corrected chi connectivity index (χ0v) is 19.5. The van der Waals surface area contributed by atoms with Crippen molar-refractivity contribution in [2.45, 2.75) is 27.7 Å². The van der Waals surface area contributed by atoms with E-state index in [0.29, 0.717) is 5.70 Å². The maximum Gasteiger partial charge on any atom is 0.347 e. The molecule has 12 heteroatoms. The molecule has 0 bridgehead atoms. The Morgan fingerprint density at radius 3 is 2.63 bits per heavy atom. The highest BCUT2D eigenvalue weighted by atomic mass is 19.1. The number of amides is 3. The molecule has 0 saturated carbocycles. The lowest BCUT2D eigenvalue weighted by molar-refractivity contribution is -0.117. The molecule has 182 valence electrons. The molecule has 0 radical (unpaired) electrons. The number of pyridine rings is 1. The Kier molecular flexibility index (Phi) is 7.23. The first-order valence-corrected chi connectivity index (χ1v) is 10.4. The van der Waals surface area contributed by atoms with Crippen molar-refractivity contribution in [1.82, 2.24) is 20.3 Å². The minimum atomic E-state index is -0.924. The normalized spacial score (nSPS) is 12.4. The minimum absolute atomic E-state index is 0.0853. The van der Waals surface area contributed by atoms with Crippen LogP contribution in [0.5, 0.6) is 11.5 Å². The summed E-state index contributed by atoms with van der Waals surface area (Å²) >= 11 is 0. The SMILES string of the molecule is CC(=O)NC(/C=C(\N)C(C)(C)C)=N/C(=O)Nc1ccc(Oc2ccnc3[nH]c(=O)cnc23)cc1F. The number of ether oxygens (including phenoxy) is 1. The molecule has 0 aliphatic rings. The van der Waals surface area contributed by atoms with E-state index in [1.807, 2.05) is 20.8 Å². The predicted octanol–water partition coefficient (Wildman–Crippen LogP) is 3.20. The second kappa shape index (κ2) is 10.1. The van der Waals surface area contributed by atoms with E-state index in [2.05, 4.69) is 30.6 Å². The first kappa shape index (κ1) is 25.0. The van der Waals surface area contributed by atoms with Gasteiger partial charge in [-0.1, -0.05) is 20.8 Å². The van der Waals surface area contributed by atoms with E-state index < -0.39 is 28.7 Å². The van der Waals surface area contributed by atoms with Gasteiger partial charge < -0.3 is 26.1 Å². The topological polar surface area (TPSA) is 164 Å². The zero-order chi connectivity index (χ0) is 25.8. The number of halogens is 1. The Hall–Kier alpha value is -4.61. The molecule has 3 aromatic rings. The number of fused-ring (bicyclic) bond motifs is 1. The zero-order valence-electron chi connectivity index (χ0n) is 19.5. The molecule has 0 saturated heterocycles. The van der Waals surface area contributed by atoms with Crippen LogP contribution in [0.3, 0.4) is 0 Å². The molecule has 1 aromatic carbocycles. The van der Waals surface area contributed by atoms with Crippen LogP contribution in [0.1, 0.15) is 27.7 Å². The fraction of sp³-hybridized carbons (Fsp3) is 0.217. The first-order valence-electron chi connectivity index (χ1n) is 10.4. The van der Waals surface area contributed by atoms with Gasteiger partial charge in [-0.2, -0.15) is 4.99 Å². The van der Waals surface area contributed by atoms with Gasteiger partial charge >= 0.3 is 6.03 Å². The van der Waals surface area contributed by atoms with Crippen molar-refractivity contribution in [3.8, 4) is 11.5 Å². The number of benzene rings is 1. The maximum atomic E-state index is 14.7. The predicted molar refractivity (Wildman–Crippen MR) is 129 cm³/mol. The van der Waals surface area contributed by atoms with Crippen LogP contribution in [0, 0.1) is 11.2 Å². The van der Waals surface area contributed by atoms with E-state index in [4.69, 9.17) is 10.5 Å². The fourth-order valence-electron chi connectivity index (χ4n) is 2.69. The highest BCUT2D eigenvalue weighted by molar-refractivity contribution is 6.10. The summed E-state index contributed by atoms with van der Waals surface area (Å²) in [7, 11) is 0. The number of amidine groups is 1. The highest BCUT2D eigenvalue weighted by Crippen LogP contribution is 2.28. The van der Waals surface area contributed by atoms with Gasteiger partial charge in [0, 0.05) is 42.4 Å². The smallest absolute Gasteiger partial charge is 0.347 e. The summed E-state index contributed by atoms with van der Waals surface area (Å²) in [5.74, 6) is -0.974. The van der Waals surface area contributed by atoms with Crippen LogP contribution in [-0.4, -0.2) is 32.7 Å². The first-order chi connectivity index (χ1) is 16.4. The quantitative estimate of drug-likeness (QED) is 0.328. The number of H-pyrrole nitrogens is 1. The fourth-order valence-corrected chi connectivity index (χ4v) is 2.69. The second-order valence-corrected chi connectivity index (χ2v) is 8.46. The Balaban J connectivity index is 1.80. The number of nitrogens with zero attached hydrogens (tertiary/aromatic N) is 3. The van der Waals surface area contributed by atoms with Crippen LogP contribution in [0.4, 0.5) is 14.9 Å². The van der Waals surface area contributed by atoms with Crippen LogP contribution in [0.25, 0.3) is 11.2 Å². The molecule has 5 N–H and O–H groups in total. The second-order valence-electron chi connectivity index (χ2n) is 8.46. The molecule has 3 amide bonds. The lowest BCUT2D eigenvalue weighted by Crippen LogP contribution is -2.30. The standard InChI is InChI=1S/C23H24FN7O4/c1-12(32)28-18(10-17(25)23(2,3)4)30-22(34)29-15-6-5-13(9-14(15)24)35-16-7-8-26-21-20(16)27-11-19(33)31-21/h5-11H,25H2,1-4H3,(H,26,31,33)(H2,28,29,30,32,34)/b17-10-. The van der Waals surface area contributed by atoms with Gasteiger partial charge in [0.1, 0.15) is 22.9 Å². The van der Waals surface area contributed by atoms with E-state index in [0.717, 1.165) is 12.3 Å². The molecular formula is C23H24FN7O4. The average molecular weight is 481 g/mol. The van der Waals surface area contributed by atoms with Crippen molar-refractivity contribution in [2.24, 2.45) is 16.1 Å². The summed E-state index contributed by atoms with van der Waals surface area (Å²) in [6.45, 7) is 6.82. The van der Waals surface area contributed by atoms with Crippen molar-refractivity contribution >= 4 is 34.6 Å². The largest absolute Gasteiger partial charge is 0.455 e. The Morgan fingerprint density at radius 1 is 1.23 bits per heavy atom. The van der Waals surface area contributed by atoms with Gasteiger partial charge in [0.2, 0.25) is 5.91 Å². The maximum absolute atomic E-state index is 14.7. The van der Waals surface area contributed by atoms with Crippen molar-refractivity contribution < 1.29 is 18.7 Å². The third kappa shape index (κ3) is 6.69. The summed E-state index contributed by atoms with van der Waals surface area (Å²) in [6.07, 6.45) is 3.86. The van der Waals surface area contributed by atoms with E-state index in [1.54, 1.807) is 0 Å². The molecular weight excluding hydrogens is 457 g/mol. The van der Waals surface area contributed by atoms with E-state index in [9.17, 15) is 18.8 Å². The Labute approximate surface area is 199 Å². The lowest BCUT2D eigenvalue weighted by atomic mass is 9.92. The van der Waals surface area contributed by atoms with Gasteiger partial charge in [-0.3, -0.25) is 9.59 Å². The van der Waals surface area contributed by atoms with E-state index in [1.165, 1.54) is 37.4 Å². The third-order valence-electron chi connectivity index (χ3n) is 4.53. The summed E-state index contributed by atoms with van der Waals surface area (Å²) in [6, 6.07) is 4.35. The number of nitrogens with one attached hydrogen (secondary N) is 3. The molecule has 3 rings (SSSR count).